The second-order valence-electron chi connectivity index (χ2n) is 6.50. The second-order valence-corrected chi connectivity index (χ2v) is 6.50. The molecule has 0 aliphatic heterocycles. The summed E-state index contributed by atoms with van der Waals surface area (Å²) in [5, 5.41) is 0.387. The molecule has 110 valence electrons. The van der Waals surface area contributed by atoms with Crippen molar-refractivity contribution in [2.24, 2.45) is 19.5 Å². The lowest BCUT2D eigenvalue weighted by molar-refractivity contribution is 0.0912. The third kappa shape index (κ3) is 1.86. The summed E-state index contributed by atoms with van der Waals surface area (Å²) in [4.78, 5) is 40.9. The molecule has 0 radical (unpaired) electrons. The van der Waals surface area contributed by atoms with Crippen LogP contribution in [-0.4, -0.2) is 19.9 Å². The van der Waals surface area contributed by atoms with Crippen LogP contribution in [0.2, 0.25) is 0 Å². The SMILES string of the molecule is Cn1c(=O)c2c3c(cnc2n(C)c1=O)C(=O)CC(C)(C)C3. The first kappa shape index (κ1) is 13.7. The molecule has 0 spiro atoms. The van der Waals surface area contributed by atoms with Gasteiger partial charge < -0.3 is 0 Å². The van der Waals surface area contributed by atoms with Crippen LogP contribution in [0.25, 0.3) is 11.0 Å². The van der Waals surface area contributed by atoms with Gasteiger partial charge in [-0.25, -0.2) is 9.78 Å². The summed E-state index contributed by atoms with van der Waals surface area (Å²) in [6.45, 7) is 4.01. The zero-order valence-corrected chi connectivity index (χ0v) is 12.6. The van der Waals surface area contributed by atoms with Crippen molar-refractivity contribution in [1.82, 2.24) is 14.1 Å². The summed E-state index contributed by atoms with van der Waals surface area (Å²) in [7, 11) is 3.03. The summed E-state index contributed by atoms with van der Waals surface area (Å²) in [5.74, 6) is 0.00607. The number of pyridine rings is 1. The zero-order chi connectivity index (χ0) is 15.5. The number of fused-ring (bicyclic) bond motifs is 3. The maximum atomic E-state index is 12.5. The molecule has 1 aliphatic carbocycles. The molecule has 0 amide bonds. The van der Waals surface area contributed by atoms with E-state index in [4.69, 9.17) is 0 Å². The van der Waals surface area contributed by atoms with E-state index in [1.165, 1.54) is 17.8 Å². The van der Waals surface area contributed by atoms with Gasteiger partial charge in [0, 0.05) is 32.3 Å². The predicted molar refractivity (Wildman–Crippen MR) is 78.7 cm³/mol. The minimum atomic E-state index is -0.415. The van der Waals surface area contributed by atoms with Crippen LogP contribution in [0.5, 0.6) is 0 Å². The van der Waals surface area contributed by atoms with E-state index in [0.717, 1.165) is 10.1 Å². The predicted octanol–water partition coefficient (Wildman–Crippen LogP) is 0.787. The molecule has 2 aromatic heterocycles. The zero-order valence-electron chi connectivity index (χ0n) is 12.6. The molecular formula is C15H17N3O3. The van der Waals surface area contributed by atoms with Gasteiger partial charge in [0.15, 0.2) is 5.78 Å². The minimum absolute atomic E-state index is 0.00607. The van der Waals surface area contributed by atoms with Crippen LogP contribution >= 0.6 is 0 Å². The highest BCUT2D eigenvalue weighted by Gasteiger charge is 2.33. The topological polar surface area (TPSA) is 74.0 Å². The Bertz CT molecular complexity index is 903. The molecule has 0 aromatic carbocycles. The molecule has 0 saturated carbocycles. The van der Waals surface area contributed by atoms with Crippen molar-refractivity contribution in [2.45, 2.75) is 26.7 Å². The Morgan fingerprint density at radius 3 is 2.43 bits per heavy atom. The van der Waals surface area contributed by atoms with Gasteiger partial charge in [0.05, 0.1) is 5.39 Å². The first-order valence-corrected chi connectivity index (χ1v) is 6.84. The first-order valence-electron chi connectivity index (χ1n) is 6.84. The standard InChI is InChI=1S/C15H17N3O3/c1-15(2)5-8-9(10(19)6-15)7-16-12-11(8)13(20)18(4)14(21)17(12)3/h7H,5-6H2,1-4H3. The number of hydrogen-bond donors (Lipinski definition) is 0. The highest BCUT2D eigenvalue weighted by Crippen LogP contribution is 2.36. The average molecular weight is 287 g/mol. The third-order valence-electron chi connectivity index (χ3n) is 4.17. The first-order chi connectivity index (χ1) is 9.73. The third-order valence-corrected chi connectivity index (χ3v) is 4.17. The summed E-state index contributed by atoms with van der Waals surface area (Å²) < 4.78 is 2.42. The van der Waals surface area contributed by atoms with E-state index in [2.05, 4.69) is 4.98 Å². The van der Waals surface area contributed by atoms with Gasteiger partial charge in [0.1, 0.15) is 5.65 Å². The molecule has 2 aromatic rings. The number of aryl methyl sites for hydroxylation is 1. The number of hydrogen-bond acceptors (Lipinski definition) is 4. The lowest BCUT2D eigenvalue weighted by atomic mass is 9.73. The highest BCUT2D eigenvalue weighted by molar-refractivity contribution is 6.02. The van der Waals surface area contributed by atoms with Crippen molar-refractivity contribution >= 4 is 16.8 Å². The molecule has 0 saturated heterocycles. The van der Waals surface area contributed by atoms with Crippen molar-refractivity contribution < 1.29 is 4.79 Å². The van der Waals surface area contributed by atoms with E-state index >= 15 is 0 Å². The van der Waals surface area contributed by atoms with E-state index in [1.54, 1.807) is 7.05 Å². The highest BCUT2D eigenvalue weighted by atomic mass is 16.2. The maximum absolute atomic E-state index is 12.5. The van der Waals surface area contributed by atoms with E-state index in [9.17, 15) is 14.4 Å². The fraction of sp³-hybridized carbons (Fsp3) is 0.467. The molecule has 21 heavy (non-hydrogen) atoms. The summed E-state index contributed by atoms with van der Waals surface area (Å²) >= 11 is 0. The maximum Gasteiger partial charge on any atom is 0.332 e. The minimum Gasteiger partial charge on any atom is -0.294 e. The van der Waals surface area contributed by atoms with E-state index in [0.29, 0.717) is 29.4 Å². The van der Waals surface area contributed by atoms with Crippen molar-refractivity contribution in [3.63, 3.8) is 0 Å². The van der Waals surface area contributed by atoms with Crippen molar-refractivity contribution in [3.05, 3.63) is 38.2 Å². The fourth-order valence-corrected chi connectivity index (χ4v) is 3.08. The Morgan fingerprint density at radius 1 is 1.10 bits per heavy atom. The molecule has 3 rings (SSSR count). The van der Waals surface area contributed by atoms with E-state index in [1.807, 2.05) is 13.8 Å². The van der Waals surface area contributed by atoms with Crippen LogP contribution < -0.4 is 11.2 Å². The quantitative estimate of drug-likeness (QED) is 0.718. The van der Waals surface area contributed by atoms with Gasteiger partial charge >= 0.3 is 5.69 Å². The molecule has 0 unspecified atom stereocenters. The lowest BCUT2D eigenvalue weighted by Crippen LogP contribution is -2.39. The Balaban J connectivity index is 2.53. The molecule has 0 bridgehead atoms. The molecular weight excluding hydrogens is 270 g/mol. The van der Waals surface area contributed by atoms with Gasteiger partial charge in [-0.1, -0.05) is 13.8 Å². The lowest BCUT2D eigenvalue weighted by Gasteiger charge is -2.30. The molecule has 0 N–H and O–H groups in total. The van der Waals surface area contributed by atoms with Crippen LogP contribution in [0.4, 0.5) is 0 Å². The molecule has 0 atom stereocenters. The van der Waals surface area contributed by atoms with Crippen molar-refractivity contribution in [1.29, 1.82) is 0 Å². The number of carbonyl (C=O) groups is 1. The summed E-state index contributed by atoms with van der Waals surface area (Å²) in [6, 6.07) is 0. The number of nitrogens with zero attached hydrogens (tertiary/aromatic N) is 3. The second kappa shape index (κ2) is 4.13. The normalized spacial score (nSPS) is 17.0. The van der Waals surface area contributed by atoms with E-state index < -0.39 is 5.69 Å². The Morgan fingerprint density at radius 2 is 1.76 bits per heavy atom. The molecule has 6 nitrogen and oxygen atoms in total. The molecule has 2 heterocycles. The van der Waals surface area contributed by atoms with Crippen LogP contribution in [0, 0.1) is 5.41 Å². The average Bonchev–Trinajstić information content (AvgIpc) is 2.40. The molecule has 1 aliphatic rings. The largest absolute Gasteiger partial charge is 0.332 e. The number of Topliss-reactive ketones (excluding diaryl/α,β-unsaturated/α-hetero) is 1. The monoisotopic (exact) mass is 287 g/mol. The van der Waals surface area contributed by atoms with Gasteiger partial charge in [-0.3, -0.25) is 18.7 Å². The Labute approximate surface area is 121 Å². The molecule has 0 fully saturated rings. The van der Waals surface area contributed by atoms with Gasteiger partial charge in [-0.05, 0) is 17.4 Å². The van der Waals surface area contributed by atoms with Crippen molar-refractivity contribution in [2.75, 3.05) is 0 Å². The van der Waals surface area contributed by atoms with Gasteiger partial charge in [0.25, 0.3) is 5.56 Å². The fourth-order valence-electron chi connectivity index (χ4n) is 3.08. The van der Waals surface area contributed by atoms with Crippen LogP contribution in [0.3, 0.4) is 0 Å². The Hall–Kier alpha value is -2.24. The van der Waals surface area contributed by atoms with Gasteiger partial charge in [-0.15, -0.1) is 0 Å². The van der Waals surface area contributed by atoms with Crippen LogP contribution in [0.1, 0.15) is 36.2 Å². The number of rotatable bonds is 0. The molecule has 6 heteroatoms. The van der Waals surface area contributed by atoms with Crippen molar-refractivity contribution in [3.8, 4) is 0 Å². The number of aromatic nitrogens is 3. The van der Waals surface area contributed by atoms with Crippen LogP contribution in [-0.2, 0) is 20.5 Å². The van der Waals surface area contributed by atoms with Gasteiger partial charge in [-0.2, -0.15) is 0 Å². The van der Waals surface area contributed by atoms with E-state index in [-0.39, 0.29) is 16.8 Å². The smallest absolute Gasteiger partial charge is 0.294 e. The number of carbonyl (C=O) groups excluding carboxylic acids is 1. The summed E-state index contributed by atoms with van der Waals surface area (Å²) in [5.41, 5.74) is 0.574. The Kier molecular flexibility index (Phi) is 2.70. The van der Waals surface area contributed by atoms with Crippen LogP contribution in [0.15, 0.2) is 15.8 Å². The number of ketones is 1. The summed E-state index contributed by atoms with van der Waals surface area (Å²) in [6.07, 6.45) is 2.56. The van der Waals surface area contributed by atoms with Gasteiger partial charge in [0.2, 0.25) is 0 Å².